The Morgan fingerprint density at radius 2 is 1.69 bits per heavy atom. The number of halogens is 1. The minimum absolute atomic E-state index is 0.00608. The van der Waals surface area contributed by atoms with E-state index < -0.39 is 33.5 Å². The summed E-state index contributed by atoms with van der Waals surface area (Å²) in [6.07, 6.45) is -0.760. The zero-order valence-electron chi connectivity index (χ0n) is 20.5. The van der Waals surface area contributed by atoms with Crippen molar-refractivity contribution in [2.45, 2.75) is 37.2 Å². The van der Waals surface area contributed by atoms with Gasteiger partial charge in [-0.25, -0.2) is 9.18 Å². The molecule has 1 atom stereocenters. The first-order valence-corrected chi connectivity index (χ1v) is 12.7. The van der Waals surface area contributed by atoms with Crippen LogP contribution in [0, 0.1) is 5.82 Å². The maximum Gasteiger partial charge on any atom is 0.414 e. The summed E-state index contributed by atoms with van der Waals surface area (Å²) in [7, 11) is -2.65. The van der Waals surface area contributed by atoms with E-state index in [1.807, 2.05) is 0 Å². The predicted molar refractivity (Wildman–Crippen MR) is 132 cm³/mol. The van der Waals surface area contributed by atoms with E-state index in [2.05, 4.69) is 0 Å². The smallest absolute Gasteiger partial charge is 0.414 e. The third kappa shape index (κ3) is 5.16. The molecule has 0 spiro atoms. The van der Waals surface area contributed by atoms with Gasteiger partial charge in [-0.2, -0.15) is 8.42 Å². The van der Waals surface area contributed by atoms with E-state index in [0.717, 1.165) is 0 Å². The summed E-state index contributed by atoms with van der Waals surface area (Å²) < 4.78 is 63.0. The monoisotopic (exact) mass is 517 g/mol. The first-order chi connectivity index (χ1) is 17.0. The van der Waals surface area contributed by atoms with Gasteiger partial charge in [0.25, 0.3) is 10.1 Å². The molecule has 1 amide bonds. The zero-order valence-corrected chi connectivity index (χ0v) is 21.3. The molecule has 1 heterocycles. The third-order valence-corrected chi connectivity index (χ3v) is 6.89. The van der Waals surface area contributed by atoms with Crippen LogP contribution < -0.4 is 9.64 Å². The lowest BCUT2D eigenvalue weighted by molar-refractivity contribution is 0.0494. The minimum atomic E-state index is -4.07. The number of methoxy groups -OCH3 is 1. The van der Waals surface area contributed by atoms with Crippen LogP contribution in [0.4, 0.5) is 14.9 Å². The summed E-state index contributed by atoms with van der Waals surface area (Å²) in [6.45, 7) is 4.58. The van der Waals surface area contributed by atoms with E-state index >= 15 is 4.39 Å². The number of nitrogens with zero attached hydrogens (tertiary/aromatic N) is 1. The van der Waals surface area contributed by atoms with Crippen LogP contribution in [-0.2, 0) is 23.8 Å². The summed E-state index contributed by atoms with van der Waals surface area (Å²) in [4.78, 5) is 14.3. The number of hydrogen-bond donors (Lipinski definition) is 0. The van der Waals surface area contributed by atoms with Crippen LogP contribution in [-0.4, -0.2) is 47.2 Å². The second-order valence-electron chi connectivity index (χ2n) is 9.34. The largest absolute Gasteiger partial charge is 0.464 e. The highest BCUT2D eigenvalue weighted by atomic mass is 32.2. The third-order valence-electron chi connectivity index (χ3n) is 5.60. The summed E-state index contributed by atoms with van der Waals surface area (Å²) in [5.74, 6) is -1.49. The number of hydrogen-bond acceptors (Lipinski definition) is 7. The Labute approximate surface area is 209 Å². The summed E-state index contributed by atoms with van der Waals surface area (Å²) in [6, 6.07) is 14.7. The van der Waals surface area contributed by atoms with Crippen molar-refractivity contribution < 1.29 is 36.0 Å². The molecule has 0 radical (unpaired) electrons. The van der Waals surface area contributed by atoms with Crippen LogP contribution in [0.1, 0.15) is 32.3 Å². The fraction of sp³-hybridized carbons (Fsp3) is 0.346. The Morgan fingerprint density at radius 3 is 2.33 bits per heavy atom. The molecule has 0 aliphatic carbocycles. The van der Waals surface area contributed by atoms with Gasteiger partial charge in [0.15, 0.2) is 18.4 Å². The van der Waals surface area contributed by atoms with Crippen molar-refractivity contribution in [3.05, 3.63) is 66.0 Å². The predicted octanol–water partition coefficient (Wildman–Crippen LogP) is 5.21. The van der Waals surface area contributed by atoms with Crippen molar-refractivity contribution in [3.63, 3.8) is 0 Å². The average molecular weight is 518 g/mol. The van der Waals surface area contributed by atoms with Gasteiger partial charge in [-0.1, -0.05) is 42.5 Å². The molecule has 3 aromatic rings. The first kappa shape index (κ1) is 25.9. The molecule has 192 valence electrons. The zero-order chi connectivity index (χ0) is 26.1. The standard InChI is InChI=1S/C26H28FNO7S/c1-26(2,3)35-25(29)28-14-17(15-34-36(30,31)18-10-6-5-7-11-18)21-19-12-8-9-13-20(19)24(33-16-32-4)22(27)23(21)28/h5-13,17H,14-16H2,1-4H3/t17-/m0/s1. The van der Waals surface area contributed by atoms with Gasteiger partial charge in [-0.05, 0) is 43.9 Å². The number of carbonyl (C=O) groups is 1. The number of anilines is 1. The number of ether oxygens (including phenoxy) is 3. The molecule has 4 rings (SSSR count). The summed E-state index contributed by atoms with van der Waals surface area (Å²) in [5, 5.41) is 1.07. The van der Waals surface area contributed by atoms with E-state index in [4.69, 9.17) is 18.4 Å². The van der Waals surface area contributed by atoms with Crippen LogP contribution in [0.5, 0.6) is 5.75 Å². The van der Waals surface area contributed by atoms with Crippen LogP contribution in [0.2, 0.25) is 0 Å². The first-order valence-electron chi connectivity index (χ1n) is 11.3. The molecule has 36 heavy (non-hydrogen) atoms. The van der Waals surface area contributed by atoms with E-state index in [9.17, 15) is 13.2 Å². The number of benzene rings is 3. The maximum atomic E-state index is 16.0. The Bertz CT molecular complexity index is 1370. The molecule has 1 aliphatic rings. The molecule has 0 unspecified atom stereocenters. The van der Waals surface area contributed by atoms with E-state index in [1.165, 1.54) is 24.1 Å². The average Bonchev–Trinajstić information content (AvgIpc) is 3.23. The van der Waals surface area contributed by atoms with Gasteiger partial charge in [0.1, 0.15) is 5.60 Å². The fourth-order valence-electron chi connectivity index (χ4n) is 4.17. The number of rotatable bonds is 7. The quantitative estimate of drug-likeness (QED) is 0.314. The van der Waals surface area contributed by atoms with E-state index in [1.54, 1.807) is 63.2 Å². The van der Waals surface area contributed by atoms with Crippen LogP contribution >= 0.6 is 0 Å². The Balaban J connectivity index is 1.80. The van der Waals surface area contributed by atoms with Crippen molar-refractivity contribution in [1.82, 2.24) is 0 Å². The molecular formula is C26H28FNO7S. The highest BCUT2D eigenvalue weighted by Gasteiger charge is 2.41. The lowest BCUT2D eigenvalue weighted by Crippen LogP contribution is -2.37. The molecular weight excluding hydrogens is 489 g/mol. The Hall–Kier alpha value is -3.21. The van der Waals surface area contributed by atoms with Crippen molar-refractivity contribution in [2.24, 2.45) is 0 Å². The van der Waals surface area contributed by atoms with Gasteiger partial charge in [-0.3, -0.25) is 9.08 Å². The highest BCUT2D eigenvalue weighted by molar-refractivity contribution is 7.86. The summed E-state index contributed by atoms with van der Waals surface area (Å²) >= 11 is 0. The Morgan fingerprint density at radius 1 is 1.06 bits per heavy atom. The molecule has 0 aromatic heterocycles. The van der Waals surface area contributed by atoms with Crippen LogP contribution in [0.15, 0.2) is 59.5 Å². The topological polar surface area (TPSA) is 91.4 Å². The molecule has 0 fully saturated rings. The molecule has 0 saturated heterocycles. The SMILES string of the molecule is COCOc1c(F)c2c(c3ccccc13)[C@H](COS(=O)(=O)c1ccccc1)CN2C(=O)OC(C)(C)C. The van der Waals surface area contributed by atoms with Crippen LogP contribution in [0.3, 0.4) is 0 Å². The molecule has 3 aromatic carbocycles. The number of fused-ring (bicyclic) bond motifs is 3. The summed E-state index contributed by atoms with van der Waals surface area (Å²) in [5.41, 5.74) is -0.410. The molecule has 0 N–H and O–H groups in total. The normalized spacial score (nSPS) is 15.7. The molecule has 0 saturated carbocycles. The second kappa shape index (κ2) is 10.0. The Kier molecular flexibility index (Phi) is 7.21. The van der Waals surface area contributed by atoms with Crippen molar-refractivity contribution in [2.75, 3.05) is 32.0 Å². The van der Waals surface area contributed by atoms with Crippen molar-refractivity contribution in [3.8, 4) is 5.75 Å². The van der Waals surface area contributed by atoms with Gasteiger partial charge in [0.2, 0.25) is 0 Å². The molecule has 8 nitrogen and oxygen atoms in total. The molecule has 0 bridgehead atoms. The van der Waals surface area contributed by atoms with Gasteiger partial charge in [0, 0.05) is 25.0 Å². The number of carbonyl (C=O) groups excluding carboxylic acids is 1. The van der Waals surface area contributed by atoms with Gasteiger partial charge in [0.05, 0.1) is 17.2 Å². The minimum Gasteiger partial charge on any atom is -0.464 e. The van der Waals surface area contributed by atoms with E-state index in [0.29, 0.717) is 16.3 Å². The number of amides is 1. The van der Waals surface area contributed by atoms with Gasteiger partial charge >= 0.3 is 6.09 Å². The maximum absolute atomic E-state index is 16.0. The molecule has 1 aliphatic heterocycles. The van der Waals surface area contributed by atoms with Crippen LogP contribution in [0.25, 0.3) is 10.8 Å². The van der Waals surface area contributed by atoms with Crippen molar-refractivity contribution in [1.29, 1.82) is 0 Å². The fourth-order valence-corrected chi connectivity index (χ4v) is 5.14. The van der Waals surface area contributed by atoms with E-state index in [-0.39, 0.29) is 36.3 Å². The lowest BCUT2D eigenvalue weighted by Gasteiger charge is -2.25. The van der Waals surface area contributed by atoms with Gasteiger partial charge < -0.3 is 14.2 Å². The van der Waals surface area contributed by atoms with Gasteiger partial charge in [-0.15, -0.1) is 0 Å². The molecule has 10 heteroatoms. The highest BCUT2D eigenvalue weighted by Crippen LogP contribution is 2.48. The second-order valence-corrected chi connectivity index (χ2v) is 11.0. The lowest BCUT2D eigenvalue weighted by atomic mass is 9.94. The van der Waals surface area contributed by atoms with Crippen molar-refractivity contribution >= 4 is 32.7 Å².